The lowest BCUT2D eigenvalue weighted by molar-refractivity contribution is -0.131. The van der Waals surface area contributed by atoms with E-state index < -0.39 is 5.97 Å². The molecule has 7 heteroatoms. The molecule has 0 saturated heterocycles. The van der Waals surface area contributed by atoms with E-state index in [1.807, 2.05) is 25.1 Å². The van der Waals surface area contributed by atoms with Gasteiger partial charge in [-0.2, -0.15) is 0 Å². The number of rotatable bonds is 7. The Hall–Kier alpha value is -4.65. The molecule has 1 aromatic heterocycles. The molecular formula is C31H32N4O3. The fourth-order valence-electron chi connectivity index (χ4n) is 4.02. The molecule has 194 valence electrons. The highest BCUT2D eigenvalue weighted by atomic mass is 16.5. The second-order valence-corrected chi connectivity index (χ2v) is 10.1. The summed E-state index contributed by atoms with van der Waals surface area (Å²) in [6, 6.07) is 21.1. The first-order valence-electron chi connectivity index (χ1n) is 12.3. The van der Waals surface area contributed by atoms with Crippen LogP contribution in [-0.4, -0.2) is 15.9 Å². The van der Waals surface area contributed by atoms with Crippen molar-refractivity contribution in [2.75, 3.05) is 10.6 Å². The summed E-state index contributed by atoms with van der Waals surface area (Å²) in [5, 5.41) is 6.45. The summed E-state index contributed by atoms with van der Waals surface area (Å²) in [7, 11) is 0. The number of hydrogen-bond acceptors (Lipinski definition) is 6. The Bertz CT molecular complexity index is 1550. The molecule has 7 nitrogen and oxygen atoms in total. The van der Waals surface area contributed by atoms with Crippen LogP contribution in [0, 0.1) is 6.92 Å². The standard InChI is InChI=1S/C31H32N4O3/c1-19-26(11-8-12-27(19)33-20(2)22-13-15-23(16-14-22)31(4,5)6)28-18-32-30(37)29(35-28)34-24-9-7-10-25(17-24)38-21(3)36/h7-18,33H,2H2,1,3-6H3,(H,32,37)(H,34,35). The molecule has 0 unspecified atom stereocenters. The number of anilines is 3. The number of aromatic nitrogens is 2. The number of carbonyl (C=O) groups is 1. The molecule has 1 heterocycles. The quantitative estimate of drug-likeness (QED) is 0.188. The second kappa shape index (κ2) is 10.8. The van der Waals surface area contributed by atoms with Crippen molar-refractivity contribution in [3.63, 3.8) is 0 Å². The van der Waals surface area contributed by atoms with E-state index in [1.165, 1.54) is 12.5 Å². The average molecular weight is 509 g/mol. The molecule has 0 aliphatic rings. The van der Waals surface area contributed by atoms with E-state index in [9.17, 15) is 9.59 Å². The Morgan fingerprint density at radius 1 is 1.03 bits per heavy atom. The summed E-state index contributed by atoms with van der Waals surface area (Å²) < 4.78 is 5.13. The van der Waals surface area contributed by atoms with Gasteiger partial charge in [-0.05, 0) is 47.2 Å². The van der Waals surface area contributed by atoms with Crippen LogP contribution in [0.15, 0.2) is 84.3 Å². The number of aromatic amines is 1. The Labute approximate surface area is 222 Å². The number of benzene rings is 3. The number of ether oxygens (including phenoxy) is 1. The fraction of sp³-hybridized carbons (Fsp3) is 0.194. The van der Waals surface area contributed by atoms with Crippen LogP contribution in [0.3, 0.4) is 0 Å². The lowest BCUT2D eigenvalue weighted by Gasteiger charge is -2.20. The van der Waals surface area contributed by atoms with Crippen LogP contribution in [0.4, 0.5) is 17.2 Å². The van der Waals surface area contributed by atoms with Crippen LogP contribution in [-0.2, 0) is 10.2 Å². The number of H-pyrrole nitrogens is 1. The normalized spacial score (nSPS) is 11.1. The smallest absolute Gasteiger partial charge is 0.308 e. The third kappa shape index (κ3) is 6.18. The van der Waals surface area contributed by atoms with Crippen LogP contribution >= 0.6 is 0 Å². The van der Waals surface area contributed by atoms with Gasteiger partial charge in [0, 0.05) is 41.8 Å². The average Bonchev–Trinajstić information content (AvgIpc) is 2.86. The predicted molar refractivity (Wildman–Crippen MR) is 154 cm³/mol. The summed E-state index contributed by atoms with van der Waals surface area (Å²) in [5.41, 5.74) is 6.65. The van der Waals surface area contributed by atoms with Crippen LogP contribution < -0.4 is 20.9 Å². The summed E-state index contributed by atoms with van der Waals surface area (Å²) >= 11 is 0. The van der Waals surface area contributed by atoms with Gasteiger partial charge >= 0.3 is 5.97 Å². The summed E-state index contributed by atoms with van der Waals surface area (Å²) in [6.45, 7) is 14.1. The topological polar surface area (TPSA) is 96.1 Å². The third-order valence-electron chi connectivity index (χ3n) is 6.14. The van der Waals surface area contributed by atoms with E-state index in [0.717, 1.165) is 28.1 Å². The van der Waals surface area contributed by atoms with Gasteiger partial charge in [-0.25, -0.2) is 4.98 Å². The molecule has 0 aliphatic heterocycles. The van der Waals surface area contributed by atoms with Gasteiger partial charge in [0.05, 0.1) is 5.69 Å². The first-order valence-corrected chi connectivity index (χ1v) is 12.3. The molecule has 0 atom stereocenters. The molecule has 0 amide bonds. The van der Waals surface area contributed by atoms with Gasteiger partial charge in [-0.1, -0.05) is 69.8 Å². The third-order valence-corrected chi connectivity index (χ3v) is 6.14. The van der Waals surface area contributed by atoms with Crippen LogP contribution in [0.5, 0.6) is 5.75 Å². The maximum atomic E-state index is 12.5. The zero-order valence-electron chi connectivity index (χ0n) is 22.3. The summed E-state index contributed by atoms with van der Waals surface area (Å²) in [5.74, 6) is 0.0789. The Morgan fingerprint density at radius 3 is 2.42 bits per heavy atom. The number of carbonyl (C=O) groups excluding carboxylic acids is 1. The lowest BCUT2D eigenvalue weighted by Crippen LogP contribution is -2.14. The van der Waals surface area contributed by atoms with Gasteiger partial charge < -0.3 is 20.4 Å². The molecule has 4 aromatic rings. The van der Waals surface area contributed by atoms with Crippen molar-refractivity contribution in [1.82, 2.24) is 9.97 Å². The summed E-state index contributed by atoms with van der Waals surface area (Å²) in [4.78, 5) is 31.1. The fourth-order valence-corrected chi connectivity index (χ4v) is 4.02. The maximum Gasteiger partial charge on any atom is 0.308 e. The number of nitrogens with one attached hydrogen (secondary N) is 3. The molecule has 0 spiro atoms. The molecule has 0 saturated carbocycles. The zero-order chi connectivity index (χ0) is 27.4. The van der Waals surface area contributed by atoms with Crippen molar-refractivity contribution in [3.05, 3.63) is 107 Å². The largest absolute Gasteiger partial charge is 0.427 e. The van der Waals surface area contributed by atoms with E-state index >= 15 is 0 Å². The highest BCUT2D eigenvalue weighted by Crippen LogP contribution is 2.30. The highest BCUT2D eigenvalue weighted by molar-refractivity contribution is 5.81. The molecule has 4 rings (SSSR count). The van der Waals surface area contributed by atoms with Crippen molar-refractivity contribution in [3.8, 4) is 17.0 Å². The van der Waals surface area contributed by atoms with Gasteiger partial charge in [-0.15, -0.1) is 0 Å². The maximum absolute atomic E-state index is 12.5. The Morgan fingerprint density at radius 2 is 1.74 bits per heavy atom. The summed E-state index contributed by atoms with van der Waals surface area (Å²) in [6.07, 6.45) is 1.59. The number of esters is 1. The van der Waals surface area contributed by atoms with Crippen LogP contribution in [0.2, 0.25) is 0 Å². The number of nitrogens with zero attached hydrogens (tertiary/aromatic N) is 1. The van der Waals surface area contributed by atoms with Crippen molar-refractivity contribution >= 4 is 28.9 Å². The van der Waals surface area contributed by atoms with Crippen molar-refractivity contribution in [2.24, 2.45) is 0 Å². The lowest BCUT2D eigenvalue weighted by atomic mass is 9.86. The van der Waals surface area contributed by atoms with Gasteiger partial charge in [0.25, 0.3) is 5.56 Å². The van der Waals surface area contributed by atoms with Crippen molar-refractivity contribution in [2.45, 2.75) is 40.0 Å². The van der Waals surface area contributed by atoms with E-state index in [1.54, 1.807) is 30.5 Å². The van der Waals surface area contributed by atoms with E-state index in [0.29, 0.717) is 17.1 Å². The number of hydrogen-bond donors (Lipinski definition) is 3. The molecule has 0 bridgehead atoms. The van der Waals surface area contributed by atoms with Crippen LogP contribution in [0.25, 0.3) is 17.0 Å². The van der Waals surface area contributed by atoms with Gasteiger partial charge in [0.15, 0.2) is 5.82 Å². The van der Waals surface area contributed by atoms with Crippen molar-refractivity contribution in [1.29, 1.82) is 0 Å². The molecule has 0 radical (unpaired) electrons. The minimum Gasteiger partial charge on any atom is -0.427 e. The monoisotopic (exact) mass is 508 g/mol. The Kier molecular flexibility index (Phi) is 7.48. The van der Waals surface area contributed by atoms with E-state index in [-0.39, 0.29) is 16.8 Å². The SMILES string of the molecule is C=C(Nc1cccc(-c2c[nH]c(=O)c(Nc3cccc(OC(C)=O)c3)n2)c1C)c1ccc(C(C)(C)C)cc1. The zero-order valence-corrected chi connectivity index (χ0v) is 22.3. The Balaban J connectivity index is 1.58. The first kappa shape index (κ1) is 26.4. The molecule has 0 fully saturated rings. The van der Waals surface area contributed by atoms with Crippen molar-refractivity contribution < 1.29 is 9.53 Å². The van der Waals surface area contributed by atoms with Gasteiger partial charge in [0.1, 0.15) is 5.75 Å². The second-order valence-electron chi connectivity index (χ2n) is 10.1. The van der Waals surface area contributed by atoms with Crippen LogP contribution in [0.1, 0.15) is 44.4 Å². The molecule has 3 N–H and O–H groups in total. The first-order chi connectivity index (χ1) is 18.0. The van der Waals surface area contributed by atoms with E-state index in [4.69, 9.17) is 4.74 Å². The predicted octanol–water partition coefficient (Wildman–Crippen LogP) is 6.79. The molecule has 0 aliphatic carbocycles. The minimum absolute atomic E-state index is 0.0840. The van der Waals surface area contributed by atoms with Gasteiger partial charge in [-0.3, -0.25) is 9.59 Å². The minimum atomic E-state index is -0.423. The molecule has 3 aromatic carbocycles. The van der Waals surface area contributed by atoms with E-state index in [2.05, 4.69) is 72.2 Å². The molecule has 38 heavy (non-hydrogen) atoms. The highest BCUT2D eigenvalue weighted by Gasteiger charge is 2.15. The molecular weight excluding hydrogens is 476 g/mol. The van der Waals surface area contributed by atoms with Gasteiger partial charge in [0.2, 0.25) is 0 Å².